The van der Waals surface area contributed by atoms with Crippen LogP contribution in [0, 0.1) is 10.1 Å². The summed E-state index contributed by atoms with van der Waals surface area (Å²) in [6, 6.07) is 5.86. The van der Waals surface area contributed by atoms with Gasteiger partial charge in [0.2, 0.25) is 0 Å². The van der Waals surface area contributed by atoms with Crippen LogP contribution < -0.4 is 16.7 Å². The molecule has 4 N–H and O–H groups in total. The Bertz CT molecular complexity index is 1030. The second-order valence-electron chi connectivity index (χ2n) is 5.89. The van der Waals surface area contributed by atoms with Gasteiger partial charge in [-0.3, -0.25) is 15.1 Å². The lowest BCUT2D eigenvalue weighted by atomic mass is 9.82. The van der Waals surface area contributed by atoms with Crippen molar-refractivity contribution in [3.05, 3.63) is 67.3 Å². The van der Waals surface area contributed by atoms with Crippen LogP contribution in [0.15, 0.2) is 40.3 Å². The number of rotatable bonds is 4. The number of allylic oxidation sites excluding steroid dienone is 1. The van der Waals surface area contributed by atoms with Crippen LogP contribution in [-0.2, 0) is 9.53 Å². The van der Waals surface area contributed by atoms with Gasteiger partial charge in [-0.05, 0) is 19.4 Å². The van der Waals surface area contributed by atoms with E-state index in [1.807, 2.05) is 0 Å². The van der Waals surface area contributed by atoms with Crippen molar-refractivity contribution in [3.63, 3.8) is 0 Å². The molecule has 0 aliphatic carbocycles. The third kappa shape index (κ3) is 3.24. The number of nitrogens with zero attached hydrogens (tertiary/aromatic N) is 2. The van der Waals surface area contributed by atoms with Crippen LogP contribution in [0.2, 0.25) is 0 Å². The highest BCUT2D eigenvalue weighted by molar-refractivity contribution is 5.95. The molecule has 3 rings (SSSR count). The van der Waals surface area contributed by atoms with Gasteiger partial charge in [-0.1, -0.05) is 12.1 Å². The van der Waals surface area contributed by atoms with Crippen molar-refractivity contribution >= 4 is 23.3 Å². The number of aromatic amines is 1. The van der Waals surface area contributed by atoms with Crippen LogP contribution in [0.4, 0.5) is 17.3 Å². The molecule has 1 aliphatic heterocycles. The number of hydrogen-bond acceptors (Lipinski definition) is 8. The van der Waals surface area contributed by atoms with E-state index in [1.54, 1.807) is 19.9 Å². The largest absolute Gasteiger partial charge is 0.463 e. The summed E-state index contributed by atoms with van der Waals surface area (Å²) < 4.78 is 5.16. The lowest BCUT2D eigenvalue weighted by Crippen LogP contribution is -2.29. The van der Waals surface area contributed by atoms with Crippen LogP contribution in [0.25, 0.3) is 0 Å². The predicted octanol–water partition coefficient (Wildman–Crippen LogP) is 1.65. The highest BCUT2D eigenvalue weighted by Gasteiger charge is 2.36. The number of nitro groups is 1. The second kappa shape index (κ2) is 6.90. The summed E-state index contributed by atoms with van der Waals surface area (Å²) in [7, 11) is 0. The standard InChI is InChI=1S/C17H17N5O5/c1-3-27-16(23)11-8(2)19-15-13(14(18)20-17(24)21-15)12(11)9-5-4-6-10(7-9)22(25)26/h4-7,12H,3H2,1-2H3,(H4,18,19,20,21,24). The number of ether oxygens (including phenoxy) is 1. The minimum atomic E-state index is -0.787. The van der Waals surface area contributed by atoms with Crippen LogP contribution in [0.5, 0.6) is 0 Å². The highest BCUT2D eigenvalue weighted by atomic mass is 16.6. The zero-order valence-electron chi connectivity index (χ0n) is 14.6. The Morgan fingerprint density at radius 1 is 1.44 bits per heavy atom. The Hall–Kier alpha value is -3.69. The van der Waals surface area contributed by atoms with Crippen molar-refractivity contribution in [3.8, 4) is 0 Å². The van der Waals surface area contributed by atoms with Gasteiger partial charge in [0.05, 0.1) is 23.0 Å². The first kappa shape index (κ1) is 18.1. The number of esters is 1. The molecule has 1 atom stereocenters. The number of carbonyl (C=O) groups excluding carboxylic acids is 1. The van der Waals surface area contributed by atoms with Crippen molar-refractivity contribution in [2.75, 3.05) is 17.7 Å². The third-order valence-corrected chi connectivity index (χ3v) is 4.20. The molecule has 1 aromatic heterocycles. The molecular weight excluding hydrogens is 354 g/mol. The number of nitrogens with one attached hydrogen (secondary N) is 2. The van der Waals surface area contributed by atoms with Crippen molar-refractivity contribution in [1.29, 1.82) is 0 Å². The van der Waals surface area contributed by atoms with Gasteiger partial charge in [-0.15, -0.1) is 0 Å². The summed E-state index contributed by atoms with van der Waals surface area (Å²) in [5.41, 5.74) is 6.69. The molecule has 1 aliphatic rings. The molecule has 10 heteroatoms. The van der Waals surface area contributed by atoms with Crippen molar-refractivity contribution in [2.24, 2.45) is 0 Å². The molecule has 0 saturated heterocycles. The Morgan fingerprint density at radius 2 is 2.19 bits per heavy atom. The van der Waals surface area contributed by atoms with E-state index in [2.05, 4.69) is 15.3 Å². The van der Waals surface area contributed by atoms with Crippen LogP contribution in [-0.4, -0.2) is 27.5 Å². The summed E-state index contributed by atoms with van der Waals surface area (Å²) >= 11 is 0. The van der Waals surface area contributed by atoms with Crippen LogP contribution in [0.1, 0.15) is 30.9 Å². The van der Waals surface area contributed by atoms with Crippen molar-refractivity contribution in [1.82, 2.24) is 9.97 Å². The van der Waals surface area contributed by atoms with E-state index in [9.17, 15) is 19.7 Å². The smallest absolute Gasteiger partial charge is 0.348 e. The van der Waals surface area contributed by atoms with Crippen LogP contribution >= 0.6 is 0 Å². The first-order valence-electron chi connectivity index (χ1n) is 8.12. The fourth-order valence-corrected chi connectivity index (χ4v) is 3.12. The summed E-state index contributed by atoms with van der Waals surface area (Å²) in [6.45, 7) is 3.47. The molecule has 140 valence electrons. The Balaban J connectivity index is 2.28. The minimum Gasteiger partial charge on any atom is -0.463 e. The SMILES string of the molecule is CCOC(=O)C1=C(C)Nc2nc(=O)[nH]c(N)c2C1c1cccc([N+](=O)[O-])c1. The number of non-ortho nitro benzene ring substituents is 1. The Labute approximate surface area is 153 Å². The highest BCUT2D eigenvalue weighted by Crippen LogP contribution is 2.43. The number of aromatic nitrogens is 2. The van der Waals surface area contributed by atoms with Gasteiger partial charge in [0, 0.05) is 23.4 Å². The zero-order valence-corrected chi connectivity index (χ0v) is 14.6. The minimum absolute atomic E-state index is 0.0169. The topological polar surface area (TPSA) is 153 Å². The number of anilines is 2. The number of nitrogens with two attached hydrogens (primary N) is 1. The molecular formula is C17H17N5O5. The van der Waals surface area contributed by atoms with Gasteiger partial charge < -0.3 is 15.8 Å². The van der Waals surface area contributed by atoms with E-state index in [1.165, 1.54) is 18.2 Å². The van der Waals surface area contributed by atoms with Crippen molar-refractivity contribution in [2.45, 2.75) is 19.8 Å². The molecule has 27 heavy (non-hydrogen) atoms. The zero-order chi connectivity index (χ0) is 19.7. The number of benzene rings is 1. The maximum Gasteiger partial charge on any atom is 0.348 e. The molecule has 1 unspecified atom stereocenters. The Morgan fingerprint density at radius 3 is 2.85 bits per heavy atom. The maximum atomic E-state index is 12.6. The quantitative estimate of drug-likeness (QED) is 0.416. The molecule has 0 amide bonds. The Kier molecular flexibility index (Phi) is 4.63. The van der Waals surface area contributed by atoms with E-state index in [0.29, 0.717) is 16.8 Å². The monoisotopic (exact) mass is 371 g/mol. The molecule has 0 bridgehead atoms. The van der Waals surface area contributed by atoms with E-state index < -0.39 is 22.5 Å². The van der Waals surface area contributed by atoms with E-state index in [0.717, 1.165) is 0 Å². The van der Waals surface area contributed by atoms with Gasteiger partial charge in [-0.2, -0.15) is 4.98 Å². The molecule has 0 saturated carbocycles. The van der Waals surface area contributed by atoms with Gasteiger partial charge in [0.15, 0.2) is 0 Å². The summed E-state index contributed by atoms with van der Waals surface area (Å²) in [6.07, 6.45) is 0. The number of fused-ring (bicyclic) bond motifs is 1. The van der Waals surface area contributed by atoms with Crippen molar-refractivity contribution < 1.29 is 14.5 Å². The lowest BCUT2D eigenvalue weighted by molar-refractivity contribution is -0.384. The fraction of sp³-hybridized carbons (Fsp3) is 0.235. The number of hydrogen-bond donors (Lipinski definition) is 3. The fourth-order valence-electron chi connectivity index (χ4n) is 3.12. The number of carbonyl (C=O) groups is 1. The average molecular weight is 371 g/mol. The van der Waals surface area contributed by atoms with Gasteiger partial charge in [-0.25, -0.2) is 9.59 Å². The third-order valence-electron chi connectivity index (χ3n) is 4.20. The molecule has 2 aromatic rings. The number of nitrogen functional groups attached to an aromatic ring is 1. The predicted molar refractivity (Wildman–Crippen MR) is 97.2 cm³/mol. The first-order valence-corrected chi connectivity index (χ1v) is 8.12. The van der Waals surface area contributed by atoms with E-state index in [-0.39, 0.29) is 29.5 Å². The lowest BCUT2D eigenvalue weighted by Gasteiger charge is -2.29. The molecule has 0 radical (unpaired) electrons. The summed E-state index contributed by atoms with van der Waals surface area (Å²) in [5.74, 6) is -1.17. The molecule has 10 nitrogen and oxygen atoms in total. The second-order valence-corrected chi connectivity index (χ2v) is 5.89. The molecule has 2 heterocycles. The molecule has 0 fully saturated rings. The van der Waals surface area contributed by atoms with E-state index >= 15 is 0 Å². The van der Waals surface area contributed by atoms with E-state index in [4.69, 9.17) is 10.5 Å². The summed E-state index contributed by atoms with van der Waals surface area (Å²) in [5, 5.41) is 14.1. The van der Waals surface area contributed by atoms with Gasteiger partial charge in [0.1, 0.15) is 11.6 Å². The first-order chi connectivity index (χ1) is 12.8. The molecule has 0 spiro atoms. The number of H-pyrrole nitrogens is 1. The number of nitro benzene ring substituents is 1. The summed E-state index contributed by atoms with van der Waals surface area (Å²) in [4.78, 5) is 41.2. The van der Waals surface area contributed by atoms with Crippen LogP contribution in [0.3, 0.4) is 0 Å². The van der Waals surface area contributed by atoms with Gasteiger partial charge in [0.25, 0.3) is 5.69 Å². The molecule has 1 aromatic carbocycles. The normalized spacial score (nSPS) is 15.7. The van der Waals surface area contributed by atoms with Gasteiger partial charge >= 0.3 is 11.7 Å². The maximum absolute atomic E-state index is 12.6. The average Bonchev–Trinajstić information content (AvgIpc) is 2.60.